The largest absolute Gasteiger partial charge is 0.507 e. The quantitative estimate of drug-likeness (QED) is 0.169. The molecule has 0 saturated carbocycles. The molecule has 56 heavy (non-hydrogen) atoms. The first-order valence-corrected chi connectivity index (χ1v) is 18.7. The van der Waals surface area contributed by atoms with E-state index in [1.54, 1.807) is 24.4 Å². The summed E-state index contributed by atoms with van der Waals surface area (Å²) >= 11 is 0. The summed E-state index contributed by atoms with van der Waals surface area (Å²) < 4.78 is 27.7. The minimum Gasteiger partial charge on any atom is -0.507 e. The predicted octanol–water partition coefficient (Wildman–Crippen LogP) is 13.2. The van der Waals surface area contributed by atoms with Crippen LogP contribution in [0.5, 0.6) is 5.75 Å². The fourth-order valence-electron chi connectivity index (χ4n) is 7.21. The Morgan fingerprint density at radius 2 is 1.25 bits per heavy atom. The third kappa shape index (κ3) is 7.51. The average molecular weight is 915 g/mol. The maximum Gasteiger partial charge on any atom is 0.148 e. The second-order valence-corrected chi connectivity index (χ2v) is 16.3. The number of fused-ring (bicyclic) bond motifs is 1. The molecule has 0 bridgehead atoms. The molecule has 0 aliphatic heterocycles. The molecule has 5 heteroatoms. The van der Waals surface area contributed by atoms with E-state index in [9.17, 15) is 5.11 Å². The molecule has 0 fully saturated rings. The number of aromatic hydroxyl groups is 1. The number of aryl methyl sites for hydroxylation is 1. The second kappa shape index (κ2) is 15.2. The number of benzene rings is 6. The van der Waals surface area contributed by atoms with Crippen LogP contribution in [-0.4, -0.2) is 19.6 Å². The van der Waals surface area contributed by atoms with Crippen molar-refractivity contribution in [1.82, 2.24) is 14.5 Å². The van der Waals surface area contributed by atoms with Crippen LogP contribution in [0.15, 0.2) is 146 Å². The number of phenols is 1. The Kier molecular flexibility index (Phi) is 9.45. The van der Waals surface area contributed by atoms with E-state index in [0.717, 1.165) is 39.0 Å². The number of nitrogens with zero attached hydrogens (tertiary/aromatic N) is 3. The van der Waals surface area contributed by atoms with Gasteiger partial charge in [-0.3, -0.25) is 9.55 Å². The van der Waals surface area contributed by atoms with Crippen molar-refractivity contribution in [1.29, 1.82) is 0 Å². The van der Waals surface area contributed by atoms with E-state index in [1.807, 2.05) is 91.0 Å². The topological polar surface area (TPSA) is 50.9 Å². The molecule has 0 saturated heterocycles. The molecule has 0 radical (unpaired) electrons. The van der Waals surface area contributed by atoms with Crippen molar-refractivity contribution in [3.63, 3.8) is 0 Å². The fraction of sp³-hybridized carbons (Fsp3) is 0.176. The normalized spacial score (nSPS) is 12.8. The van der Waals surface area contributed by atoms with Crippen molar-refractivity contribution in [2.75, 3.05) is 0 Å². The third-order valence-corrected chi connectivity index (χ3v) is 10.3. The number of hydrogen-bond donors (Lipinski definition) is 1. The number of aromatic nitrogens is 3. The molecule has 4 nitrogen and oxygen atoms in total. The first kappa shape index (κ1) is 34.9. The molecule has 0 aliphatic carbocycles. The van der Waals surface area contributed by atoms with Gasteiger partial charge < -0.3 is 5.11 Å². The van der Waals surface area contributed by atoms with Crippen LogP contribution in [0.25, 0.3) is 72.7 Å². The van der Waals surface area contributed by atoms with Crippen LogP contribution in [0.4, 0.5) is 0 Å². The molecular weight excluding hydrogens is 866 g/mol. The minimum atomic E-state index is -2.40. The van der Waals surface area contributed by atoms with Gasteiger partial charge >= 0.3 is 0 Å². The Morgan fingerprint density at radius 1 is 0.607 bits per heavy atom. The summed E-state index contributed by atoms with van der Waals surface area (Å²) in [6.07, 6.45) is 1.75. The van der Waals surface area contributed by atoms with E-state index < -0.39 is 6.85 Å². The zero-order chi connectivity index (χ0) is 41.0. The summed E-state index contributed by atoms with van der Waals surface area (Å²) in [6.45, 7) is 10.7. The molecule has 2 aromatic heterocycles. The molecule has 0 atom stereocenters. The molecule has 0 spiro atoms. The van der Waals surface area contributed by atoms with Crippen molar-refractivity contribution in [2.24, 2.45) is 0 Å². The van der Waals surface area contributed by atoms with E-state index in [1.165, 1.54) is 5.56 Å². The van der Waals surface area contributed by atoms with Crippen LogP contribution in [-0.2, 0) is 31.9 Å². The summed E-state index contributed by atoms with van der Waals surface area (Å²) in [7, 11) is 0. The van der Waals surface area contributed by atoms with E-state index in [2.05, 4.69) is 82.5 Å². The first-order valence-electron chi connectivity index (χ1n) is 20.2. The van der Waals surface area contributed by atoms with Crippen molar-refractivity contribution >= 4 is 11.0 Å². The van der Waals surface area contributed by atoms with Gasteiger partial charge in [0.2, 0.25) is 0 Å². The van der Waals surface area contributed by atoms with E-state index in [4.69, 9.17) is 14.1 Å². The SMILES string of the molecule is [2H]C([2H])([2H])c1cc(-c2cc(-c3ccccc3)ccn2)[c-]c(-c2cccc3c2nc(-c2cc(C(C)(C)C)ccc2O)n3-c2ccc(C(C)(C)C)cc2-c2ccccc2)c1.[Pt]. The fourth-order valence-corrected chi connectivity index (χ4v) is 7.21. The van der Waals surface area contributed by atoms with Gasteiger partial charge in [-0.25, -0.2) is 4.98 Å². The Balaban J connectivity index is 0.00000528. The van der Waals surface area contributed by atoms with Gasteiger partial charge in [-0.05, 0) is 75.0 Å². The van der Waals surface area contributed by atoms with Gasteiger partial charge in [0.1, 0.15) is 11.6 Å². The third-order valence-electron chi connectivity index (χ3n) is 10.3. The Morgan fingerprint density at radius 3 is 1.93 bits per heavy atom. The van der Waals surface area contributed by atoms with Gasteiger partial charge in [-0.1, -0.05) is 151 Å². The van der Waals surface area contributed by atoms with Crippen LogP contribution < -0.4 is 0 Å². The molecule has 2 heterocycles. The molecule has 0 aliphatic rings. The Bertz CT molecular complexity index is 2800. The van der Waals surface area contributed by atoms with Crippen molar-refractivity contribution in [2.45, 2.75) is 59.2 Å². The van der Waals surface area contributed by atoms with Crippen molar-refractivity contribution < 1.29 is 30.3 Å². The maximum atomic E-state index is 11.6. The molecule has 6 aromatic carbocycles. The Labute approximate surface area is 349 Å². The van der Waals surface area contributed by atoms with E-state index in [0.29, 0.717) is 39.3 Å². The van der Waals surface area contributed by atoms with Gasteiger partial charge in [0.25, 0.3) is 0 Å². The maximum absolute atomic E-state index is 11.6. The van der Waals surface area contributed by atoms with Gasteiger partial charge in [-0.2, -0.15) is 0 Å². The molecule has 8 aromatic rings. The number of pyridine rings is 1. The number of imidazole rings is 1. The van der Waals surface area contributed by atoms with Gasteiger partial charge in [0.05, 0.1) is 22.3 Å². The summed E-state index contributed by atoms with van der Waals surface area (Å²) in [5.41, 5.74) is 11.6. The minimum absolute atomic E-state index is 0. The van der Waals surface area contributed by atoms with Crippen LogP contribution in [0.1, 0.15) is 62.3 Å². The van der Waals surface area contributed by atoms with Crippen LogP contribution >= 0.6 is 0 Å². The van der Waals surface area contributed by atoms with E-state index in [-0.39, 0.29) is 43.2 Å². The van der Waals surface area contributed by atoms with Crippen LogP contribution in [0, 0.1) is 12.9 Å². The van der Waals surface area contributed by atoms with E-state index >= 15 is 0 Å². The first-order chi connectivity index (χ1) is 27.6. The number of hydrogen-bond acceptors (Lipinski definition) is 3. The smallest absolute Gasteiger partial charge is 0.148 e. The number of rotatable bonds is 6. The molecule has 0 amide bonds. The zero-order valence-corrected chi connectivity index (χ0v) is 34.7. The van der Waals surface area contributed by atoms with Crippen molar-refractivity contribution in [3.8, 4) is 67.5 Å². The second-order valence-electron chi connectivity index (χ2n) is 16.3. The molecule has 8 rings (SSSR count). The van der Waals surface area contributed by atoms with Gasteiger partial charge in [-0.15, -0.1) is 29.3 Å². The van der Waals surface area contributed by atoms with Crippen LogP contribution in [0.2, 0.25) is 0 Å². The molecule has 282 valence electrons. The predicted molar refractivity (Wildman–Crippen MR) is 229 cm³/mol. The number of para-hydroxylation sites is 1. The standard InChI is InChI=1S/C51H46N3O.Pt/c1-33-27-37(29-38(28-33)44-30-36(25-26-52-44)34-15-10-8-11-16-34)41-19-14-20-46-48(41)53-49(43-32-40(51(5,6)7)22-24-47(43)55)54(46)45-23-21-39(50(2,3)4)31-42(45)35-17-12-9-13-18-35;/h8-28,30-32,55H,1-7H3;/q-1;/i1D3;. The monoisotopic (exact) mass is 914 g/mol. The molecular formula is C51H46N3OPt-. The summed E-state index contributed by atoms with van der Waals surface area (Å²) in [5, 5.41) is 11.6. The van der Waals surface area contributed by atoms with Crippen molar-refractivity contribution in [3.05, 3.63) is 168 Å². The molecule has 0 unspecified atom stereocenters. The van der Waals surface area contributed by atoms with Gasteiger partial charge in [0.15, 0.2) is 0 Å². The summed E-state index contributed by atoms with van der Waals surface area (Å²) in [5.74, 6) is 0.678. The van der Waals surface area contributed by atoms with Crippen LogP contribution in [0.3, 0.4) is 0 Å². The Hall–Kier alpha value is -5.57. The molecule has 1 N–H and O–H groups in total. The zero-order valence-electron chi connectivity index (χ0n) is 35.5. The van der Waals surface area contributed by atoms with Gasteiger partial charge in [0, 0.05) is 42.6 Å². The number of phenolic OH excluding ortho intramolecular Hbond substituents is 1. The summed E-state index contributed by atoms with van der Waals surface area (Å²) in [6, 6.07) is 49.5. The average Bonchev–Trinajstić information content (AvgIpc) is 3.59. The summed E-state index contributed by atoms with van der Waals surface area (Å²) in [4.78, 5) is 10.1.